The number of esters is 1. The average Bonchev–Trinajstić information content (AvgIpc) is 2.37. The molecule has 0 unspecified atom stereocenters. The molecule has 0 aliphatic rings. The smallest absolute Gasteiger partial charge is 0.409 e. The second-order valence-electron chi connectivity index (χ2n) is 3.95. The van der Waals surface area contributed by atoms with Gasteiger partial charge in [0.05, 0.1) is 25.8 Å². The van der Waals surface area contributed by atoms with E-state index in [1.165, 1.54) is 26.2 Å². The van der Waals surface area contributed by atoms with Crippen LogP contribution in [0.3, 0.4) is 0 Å². The van der Waals surface area contributed by atoms with Crippen LogP contribution in [-0.2, 0) is 9.53 Å². The van der Waals surface area contributed by atoms with Crippen molar-refractivity contribution in [2.24, 2.45) is 0 Å². The zero-order valence-electron chi connectivity index (χ0n) is 11.2. The van der Waals surface area contributed by atoms with Gasteiger partial charge in [0.2, 0.25) is 0 Å². The van der Waals surface area contributed by atoms with Gasteiger partial charge >= 0.3 is 12.1 Å². The van der Waals surface area contributed by atoms with Crippen molar-refractivity contribution in [3.63, 3.8) is 0 Å². The topological polar surface area (TPSA) is 47.6 Å². The first-order valence-corrected chi connectivity index (χ1v) is 6.00. The molecule has 0 spiro atoms. The van der Waals surface area contributed by atoms with E-state index in [0.717, 1.165) is 0 Å². The maximum absolute atomic E-state index is 12.9. The van der Waals surface area contributed by atoms with Crippen molar-refractivity contribution in [2.45, 2.75) is 25.6 Å². The molecule has 1 N–H and O–H groups in total. The van der Waals surface area contributed by atoms with Crippen LogP contribution >= 0.6 is 0 Å². The lowest BCUT2D eigenvalue weighted by Crippen LogP contribution is -2.38. The molecule has 0 fully saturated rings. The van der Waals surface area contributed by atoms with E-state index in [1.54, 1.807) is 12.1 Å². The van der Waals surface area contributed by atoms with E-state index < -0.39 is 24.6 Å². The zero-order chi connectivity index (χ0) is 15.2. The van der Waals surface area contributed by atoms with Crippen LogP contribution in [0.1, 0.15) is 13.3 Å². The molecule has 7 heteroatoms. The Balaban J connectivity index is 2.87. The third-order valence-corrected chi connectivity index (χ3v) is 2.51. The maximum atomic E-state index is 12.9. The van der Waals surface area contributed by atoms with Crippen molar-refractivity contribution >= 4 is 11.7 Å². The highest BCUT2D eigenvalue weighted by molar-refractivity contribution is 5.71. The van der Waals surface area contributed by atoms with E-state index >= 15 is 0 Å². The molecule has 0 radical (unpaired) electrons. The predicted molar refractivity (Wildman–Crippen MR) is 67.7 cm³/mol. The summed E-state index contributed by atoms with van der Waals surface area (Å²) in [5, 5.41) is 2.28. The van der Waals surface area contributed by atoms with E-state index in [2.05, 4.69) is 10.1 Å². The van der Waals surface area contributed by atoms with Crippen LogP contribution in [-0.4, -0.2) is 31.9 Å². The van der Waals surface area contributed by atoms with Gasteiger partial charge in [-0.2, -0.15) is 13.2 Å². The Labute approximate surface area is 114 Å². The lowest BCUT2D eigenvalue weighted by Gasteiger charge is -2.23. The van der Waals surface area contributed by atoms with Crippen molar-refractivity contribution in [1.82, 2.24) is 0 Å². The fourth-order valence-corrected chi connectivity index (χ4v) is 1.59. The van der Waals surface area contributed by atoms with Crippen LogP contribution in [0.4, 0.5) is 18.9 Å². The lowest BCUT2D eigenvalue weighted by molar-refractivity contribution is -0.161. The zero-order valence-corrected chi connectivity index (χ0v) is 11.2. The first-order valence-electron chi connectivity index (χ1n) is 6.00. The number of ether oxygens (including phenoxy) is 2. The molecule has 1 rings (SSSR count). The summed E-state index contributed by atoms with van der Waals surface area (Å²) in [4.78, 5) is 11.3. The van der Waals surface area contributed by atoms with E-state index in [0.29, 0.717) is 0 Å². The Morgan fingerprint density at radius 1 is 1.35 bits per heavy atom. The molecule has 0 aromatic heterocycles. The van der Waals surface area contributed by atoms with Crippen molar-refractivity contribution in [1.29, 1.82) is 0 Å². The highest BCUT2D eigenvalue weighted by atomic mass is 19.4. The summed E-state index contributed by atoms with van der Waals surface area (Å²) in [5.41, 5.74) is 0.168. The second kappa shape index (κ2) is 7.02. The van der Waals surface area contributed by atoms with Gasteiger partial charge in [-0.3, -0.25) is 4.79 Å². The first-order chi connectivity index (χ1) is 9.38. The van der Waals surface area contributed by atoms with Crippen molar-refractivity contribution in [3.05, 3.63) is 24.3 Å². The minimum Gasteiger partial charge on any atom is -0.495 e. The van der Waals surface area contributed by atoms with Crippen molar-refractivity contribution < 1.29 is 27.4 Å². The molecule has 4 nitrogen and oxygen atoms in total. The highest BCUT2D eigenvalue weighted by Crippen LogP contribution is 2.30. The fraction of sp³-hybridized carbons (Fsp3) is 0.462. The van der Waals surface area contributed by atoms with E-state index in [9.17, 15) is 18.0 Å². The van der Waals surface area contributed by atoms with Gasteiger partial charge in [0.1, 0.15) is 11.8 Å². The summed E-state index contributed by atoms with van der Waals surface area (Å²) < 4.78 is 48.3. The first kappa shape index (κ1) is 16.1. The fourth-order valence-electron chi connectivity index (χ4n) is 1.59. The minimum atomic E-state index is -4.58. The third-order valence-electron chi connectivity index (χ3n) is 2.51. The van der Waals surface area contributed by atoms with E-state index in [-0.39, 0.29) is 18.0 Å². The van der Waals surface area contributed by atoms with Gasteiger partial charge in [0.15, 0.2) is 0 Å². The maximum Gasteiger partial charge on any atom is 0.409 e. The number of nitrogens with one attached hydrogen (secondary N) is 1. The van der Waals surface area contributed by atoms with Crippen LogP contribution in [0.15, 0.2) is 24.3 Å². The Hall–Kier alpha value is -1.92. The number of hydrogen-bond acceptors (Lipinski definition) is 4. The molecule has 0 aliphatic heterocycles. The van der Waals surface area contributed by atoms with Crippen molar-refractivity contribution in [3.8, 4) is 5.75 Å². The van der Waals surface area contributed by atoms with Gasteiger partial charge in [-0.1, -0.05) is 12.1 Å². The van der Waals surface area contributed by atoms with Crippen LogP contribution in [0.5, 0.6) is 5.75 Å². The summed E-state index contributed by atoms with van der Waals surface area (Å²) >= 11 is 0. The number of rotatable bonds is 6. The number of halogens is 3. The van der Waals surface area contributed by atoms with Crippen LogP contribution in [0, 0.1) is 0 Å². The van der Waals surface area contributed by atoms with Crippen molar-refractivity contribution in [2.75, 3.05) is 19.0 Å². The number of hydrogen-bond donors (Lipinski definition) is 1. The second-order valence-corrected chi connectivity index (χ2v) is 3.95. The molecule has 0 saturated carbocycles. The minimum absolute atomic E-state index is 0.0398. The lowest BCUT2D eigenvalue weighted by atomic mass is 10.1. The Morgan fingerprint density at radius 2 is 2.00 bits per heavy atom. The average molecular weight is 291 g/mol. The molecule has 1 atom stereocenters. The van der Waals surface area contributed by atoms with E-state index in [4.69, 9.17) is 4.74 Å². The standard InChI is InChI=1S/C13H16F3NO3/c1-3-20-12(18)8-11(13(14,15)16)17-9-6-4-5-7-10(9)19-2/h4-7,11,17H,3,8H2,1-2H3/t11-/m1/s1. The monoisotopic (exact) mass is 291 g/mol. The molecule has 0 amide bonds. The molecule has 0 bridgehead atoms. The van der Waals surface area contributed by atoms with Gasteiger partial charge < -0.3 is 14.8 Å². The van der Waals surface area contributed by atoms with Gasteiger partial charge in [0.25, 0.3) is 0 Å². The van der Waals surface area contributed by atoms with E-state index in [1.807, 2.05) is 0 Å². The summed E-state index contributed by atoms with van der Waals surface area (Å²) in [5.74, 6) is -0.636. The van der Waals surface area contributed by atoms with Gasteiger partial charge in [0, 0.05) is 0 Å². The van der Waals surface area contributed by atoms with Crippen LogP contribution in [0.25, 0.3) is 0 Å². The number of carbonyl (C=O) groups is 1. The van der Waals surface area contributed by atoms with Crippen LogP contribution < -0.4 is 10.1 Å². The van der Waals surface area contributed by atoms with Crippen LogP contribution in [0.2, 0.25) is 0 Å². The quantitative estimate of drug-likeness (QED) is 0.819. The number of anilines is 1. The molecule has 112 valence electrons. The summed E-state index contributed by atoms with van der Waals surface area (Å²) in [6.07, 6.45) is -5.37. The predicted octanol–water partition coefficient (Wildman–Crippen LogP) is 2.99. The molecule has 1 aromatic rings. The Bertz CT molecular complexity index is 449. The number of carbonyl (C=O) groups excluding carboxylic acids is 1. The highest BCUT2D eigenvalue weighted by Gasteiger charge is 2.41. The molecule has 0 saturated heterocycles. The molecule has 1 aromatic carbocycles. The Kier molecular flexibility index (Phi) is 5.66. The summed E-state index contributed by atoms with van der Waals surface area (Å²) in [6.45, 7) is 1.58. The van der Waals surface area contributed by atoms with Gasteiger partial charge in [-0.15, -0.1) is 0 Å². The number of alkyl halides is 3. The van der Waals surface area contributed by atoms with Gasteiger partial charge in [-0.25, -0.2) is 0 Å². The molecular formula is C13H16F3NO3. The largest absolute Gasteiger partial charge is 0.495 e. The molecule has 0 heterocycles. The number of methoxy groups -OCH3 is 1. The third kappa shape index (κ3) is 4.64. The number of benzene rings is 1. The summed E-state index contributed by atoms with van der Waals surface area (Å²) in [7, 11) is 1.36. The normalized spacial score (nSPS) is 12.7. The van der Waals surface area contributed by atoms with Gasteiger partial charge in [-0.05, 0) is 19.1 Å². The molecule has 20 heavy (non-hydrogen) atoms. The SMILES string of the molecule is CCOC(=O)C[C@@H](Nc1ccccc1OC)C(F)(F)F. The Morgan fingerprint density at radius 3 is 2.55 bits per heavy atom. The summed E-state index contributed by atoms with van der Waals surface area (Å²) in [6, 6.07) is 4.15. The number of para-hydroxylation sites is 2. The molecule has 0 aliphatic carbocycles. The molecular weight excluding hydrogens is 275 g/mol.